The van der Waals surface area contributed by atoms with Gasteiger partial charge in [0, 0.05) is 11.4 Å². The lowest BCUT2D eigenvalue weighted by atomic mass is 10.0. The summed E-state index contributed by atoms with van der Waals surface area (Å²) in [6.45, 7) is 4.71. The Hall–Kier alpha value is -2.38. The van der Waals surface area contributed by atoms with E-state index in [0.29, 0.717) is 35.4 Å². The number of hydrogen-bond donors (Lipinski definition) is 1. The van der Waals surface area contributed by atoms with E-state index < -0.39 is 5.92 Å². The molecule has 0 aliphatic rings. The summed E-state index contributed by atoms with van der Waals surface area (Å²) in [6.07, 6.45) is 3.73. The molecule has 0 fully saturated rings. The zero-order chi connectivity index (χ0) is 22.4. The van der Waals surface area contributed by atoms with Crippen molar-refractivity contribution in [2.75, 3.05) is 19.5 Å². The maximum Gasteiger partial charge on any atom is 0.316 e. The van der Waals surface area contributed by atoms with E-state index in [1.165, 1.54) is 7.11 Å². The average Bonchev–Trinajstić information content (AvgIpc) is 3.14. The number of aromatic nitrogens is 2. The Kier molecular flexibility index (Phi) is 8.09. The van der Waals surface area contributed by atoms with Crippen molar-refractivity contribution in [3.8, 4) is 5.75 Å². The fourth-order valence-electron chi connectivity index (χ4n) is 3.45. The van der Waals surface area contributed by atoms with Gasteiger partial charge in [0.05, 0.1) is 24.6 Å². The Balaban J connectivity index is 1.92. The molecule has 6 nitrogen and oxygen atoms in total. The third-order valence-electron chi connectivity index (χ3n) is 5.10. The molecule has 31 heavy (non-hydrogen) atoms. The van der Waals surface area contributed by atoms with E-state index in [-0.39, 0.29) is 5.97 Å². The number of hydrogen-bond acceptors (Lipinski definition) is 7. The van der Waals surface area contributed by atoms with Crippen molar-refractivity contribution in [2.24, 2.45) is 0 Å². The zero-order valence-electron chi connectivity index (χ0n) is 18.3. The van der Waals surface area contributed by atoms with Gasteiger partial charge in [0.25, 0.3) is 0 Å². The van der Waals surface area contributed by atoms with Gasteiger partial charge in [-0.25, -0.2) is 9.97 Å². The first-order valence-electron chi connectivity index (χ1n) is 10.4. The van der Waals surface area contributed by atoms with Gasteiger partial charge >= 0.3 is 5.97 Å². The molecule has 3 aromatic rings. The molecule has 166 valence electrons. The predicted octanol–water partition coefficient (Wildman–Crippen LogP) is 6.11. The lowest BCUT2D eigenvalue weighted by molar-refractivity contribution is -0.142. The van der Waals surface area contributed by atoms with Crippen LogP contribution in [0.25, 0.3) is 10.2 Å². The number of benzene rings is 1. The van der Waals surface area contributed by atoms with Gasteiger partial charge in [-0.05, 0) is 37.1 Å². The fraction of sp³-hybridized carbons (Fsp3) is 0.435. The molecule has 2 aromatic heterocycles. The number of nitrogens with zero attached hydrogens (tertiary/aromatic N) is 2. The van der Waals surface area contributed by atoms with Gasteiger partial charge in [-0.3, -0.25) is 4.79 Å². The summed E-state index contributed by atoms with van der Waals surface area (Å²) in [4.78, 5) is 24.0. The van der Waals surface area contributed by atoms with E-state index in [0.717, 1.165) is 39.9 Å². The van der Waals surface area contributed by atoms with Gasteiger partial charge in [0.1, 0.15) is 28.1 Å². The summed E-state index contributed by atoms with van der Waals surface area (Å²) in [5.74, 6) is 1.09. The van der Waals surface area contributed by atoms with Gasteiger partial charge in [-0.1, -0.05) is 43.9 Å². The third-order valence-corrected chi connectivity index (χ3v) is 6.34. The van der Waals surface area contributed by atoms with E-state index >= 15 is 0 Å². The molecular formula is C23H28ClN3O3S. The van der Waals surface area contributed by atoms with Crippen LogP contribution in [-0.2, 0) is 16.1 Å². The molecule has 0 aliphatic carbocycles. The molecule has 0 bridgehead atoms. The molecule has 0 saturated carbocycles. The highest BCUT2D eigenvalue weighted by molar-refractivity contribution is 7.18. The number of aryl methyl sites for hydroxylation is 1. The van der Waals surface area contributed by atoms with Crippen LogP contribution in [0.4, 0.5) is 5.82 Å². The lowest BCUT2D eigenvalue weighted by Crippen LogP contribution is -2.18. The normalized spacial score (nSPS) is 12.0. The number of esters is 1. The van der Waals surface area contributed by atoms with E-state index in [9.17, 15) is 4.79 Å². The minimum atomic E-state index is -0.473. The number of anilines is 1. The topological polar surface area (TPSA) is 73.3 Å². The van der Waals surface area contributed by atoms with Gasteiger partial charge < -0.3 is 14.8 Å². The Morgan fingerprint density at radius 3 is 2.71 bits per heavy atom. The van der Waals surface area contributed by atoms with Crippen LogP contribution in [0.1, 0.15) is 54.8 Å². The molecule has 0 spiro atoms. The van der Waals surface area contributed by atoms with Crippen molar-refractivity contribution < 1.29 is 14.3 Å². The van der Waals surface area contributed by atoms with Crippen LogP contribution in [0.5, 0.6) is 5.75 Å². The van der Waals surface area contributed by atoms with Crippen molar-refractivity contribution >= 4 is 44.9 Å². The maximum absolute atomic E-state index is 12.5. The summed E-state index contributed by atoms with van der Waals surface area (Å²) < 4.78 is 10.3. The summed E-state index contributed by atoms with van der Waals surface area (Å²) in [5.41, 5.74) is 0.999. The van der Waals surface area contributed by atoms with Crippen molar-refractivity contribution in [3.63, 3.8) is 0 Å². The average molecular weight is 462 g/mol. The highest BCUT2D eigenvalue weighted by Gasteiger charge is 2.26. The zero-order valence-corrected chi connectivity index (χ0v) is 19.9. The molecule has 2 heterocycles. The molecule has 0 radical (unpaired) electrons. The molecular weight excluding hydrogens is 434 g/mol. The Bertz CT molecular complexity index is 1050. The number of methoxy groups -OCH3 is 2. The highest BCUT2D eigenvalue weighted by atomic mass is 35.5. The summed E-state index contributed by atoms with van der Waals surface area (Å²) in [6, 6.07) is 7.74. The number of rotatable bonds is 10. The second kappa shape index (κ2) is 10.8. The van der Waals surface area contributed by atoms with Crippen LogP contribution < -0.4 is 10.1 Å². The van der Waals surface area contributed by atoms with Crippen LogP contribution in [0.2, 0.25) is 5.02 Å². The van der Waals surface area contributed by atoms with Gasteiger partial charge in [0.15, 0.2) is 0 Å². The van der Waals surface area contributed by atoms with Crippen LogP contribution in [0, 0.1) is 6.92 Å². The van der Waals surface area contributed by atoms with Crippen molar-refractivity contribution in [1.29, 1.82) is 0 Å². The Morgan fingerprint density at radius 2 is 2.03 bits per heavy atom. The third kappa shape index (κ3) is 5.66. The fourth-order valence-corrected chi connectivity index (χ4v) is 4.61. The van der Waals surface area contributed by atoms with Crippen molar-refractivity contribution in [1.82, 2.24) is 9.97 Å². The molecule has 0 aliphatic heterocycles. The maximum atomic E-state index is 12.5. The van der Waals surface area contributed by atoms with Crippen LogP contribution in [0.15, 0.2) is 24.3 Å². The number of unbranched alkanes of at least 4 members (excludes halogenated alkanes) is 2. The van der Waals surface area contributed by atoms with Crippen molar-refractivity contribution in [2.45, 2.75) is 52.0 Å². The van der Waals surface area contributed by atoms with Crippen LogP contribution in [-0.4, -0.2) is 30.2 Å². The molecule has 0 saturated heterocycles. The lowest BCUT2D eigenvalue weighted by Gasteiger charge is -2.15. The molecule has 8 heteroatoms. The number of ether oxygens (including phenoxy) is 2. The molecule has 0 amide bonds. The number of fused-ring (bicyclic) bond motifs is 1. The van der Waals surface area contributed by atoms with E-state index in [2.05, 4.69) is 18.3 Å². The quantitative estimate of drug-likeness (QED) is 0.290. The number of carbonyl (C=O) groups is 1. The van der Waals surface area contributed by atoms with E-state index in [1.54, 1.807) is 18.4 Å². The van der Waals surface area contributed by atoms with E-state index in [1.807, 2.05) is 25.1 Å². The van der Waals surface area contributed by atoms with Crippen LogP contribution in [0.3, 0.4) is 0 Å². The van der Waals surface area contributed by atoms with Gasteiger partial charge in [0.2, 0.25) is 0 Å². The predicted molar refractivity (Wildman–Crippen MR) is 126 cm³/mol. The highest BCUT2D eigenvalue weighted by Crippen LogP contribution is 2.32. The first-order chi connectivity index (χ1) is 15.0. The number of carbonyl (C=O) groups excluding carboxylic acids is 1. The Labute approximate surface area is 192 Å². The smallest absolute Gasteiger partial charge is 0.316 e. The summed E-state index contributed by atoms with van der Waals surface area (Å²) in [5, 5.41) is 4.91. The summed E-state index contributed by atoms with van der Waals surface area (Å²) in [7, 11) is 3.00. The minimum Gasteiger partial charge on any atom is -0.495 e. The largest absolute Gasteiger partial charge is 0.495 e. The summed E-state index contributed by atoms with van der Waals surface area (Å²) >= 11 is 7.85. The van der Waals surface area contributed by atoms with Crippen molar-refractivity contribution in [3.05, 3.63) is 45.6 Å². The minimum absolute atomic E-state index is 0.295. The molecule has 1 aromatic carbocycles. The first-order valence-corrected chi connectivity index (χ1v) is 11.6. The number of halogens is 1. The monoisotopic (exact) mass is 461 g/mol. The first kappa shape index (κ1) is 23.3. The Morgan fingerprint density at radius 1 is 1.23 bits per heavy atom. The molecule has 3 rings (SSSR count). The van der Waals surface area contributed by atoms with Gasteiger partial charge in [-0.15, -0.1) is 11.3 Å². The number of thiophene rings is 1. The van der Waals surface area contributed by atoms with Gasteiger partial charge in [-0.2, -0.15) is 0 Å². The SMILES string of the molecule is CCCCCC(C(=O)OC)c1nc(NCc2ccc(OC)c(Cl)c2)c2cc(C)sc2n1. The molecule has 1 N–H and O–H groups in total. The van der Waals surface area contributed by atoms with Crippen LogP contribution >= 0.6 is 22.9 Å². The molecule has 1 unspecified atom stereocenters. The second-order valence-electron chi connectivity index (χ2n) is 7.40. The molecule has 1 atom stereocenters. The standard InChI is InChI=1S/C23H28ClN3O3S/c1-5-6-7-8-16(23(28)30-4)21-26-20(17-11-14(2)31-22(17)27-21)25-13-15-9-10-19(29-3)18(24)12-15/h9-12,16H,5-8,13H2,1-4H3,(H,25,26,27). The number of nitrogens with one attached hydrogen (secondary N) is 1. The second-order valence-corrected chi connectivity index (χ2v) is 9.04. The van der Waals surface area contributed by atoms with E-state index in [4.69, 9.17) is 31.0 Å².